The van der Waals surface area contributed by atoms with E-state index in [1.807, 2.05) is 12.1 Å². The Morgan fingerprint density at radius 2 is 2.00 bits per heavy atom. The number of anilines is 1. The number of amides is 1. The van der Waals surface area contributed by atoms with E-state index in [-0.39, 0.29) is 16.9 Å². The third-order valence-electron chi connectivity index (χ3n) is 3.37. The van der Waals surface area contributed by atoms with Crippen LogP contribution in [0.5, 0.6) is 0 Å². The molecule has 0 unspecified atom stereocenters. The molecule has 0 saturated heterocycles. The maximum atomic E-state index is 11.9. The van der Waals surface area contributed by atoms with Crippen LogP contribution in [0.15, 0.2) is 18.2 Å². The Kier molecular flexibility index (Phi) is 3.78. The van der Waals surface area contributed by atoms with Gasteiger partial charge < -0.3 is 5.32 Å². The molecule has 2 rings (SSSR count). The number of nitrogens with one attached hydrogen (secondary N) is 1. The molecule has 0 atom stereocenters. The molecule has 4 nitrogen and oxygen atoms in total. The lowest BCUT2D eigenvalue weighted by molar-refractivity contribution is -0.117. The minimum atomic E-state index is -0.0693. The van der Waals surface area contributed by atoms with E-state index in [1.165, 1.54) is 6.07 Å². The number of nitrogens with zero attached hydrogens (tertiary/aromatic N) is 2. The van der Waals surface area contributed by atoms with Crippen LogP contribution in [0.25, 0.3) is 0 Å². The number of benzene rings is 1. The lowest BCUT2D eigenvalue weighted by Crippen LogP contribution is -2.18. The zero-order valence-electron chi connectivity index (χ0n) is 10.3. The lowest BCUT2D eigenvalue weighted by Gasteiger charge is -2.12. The van der Waals surface area contributed by atoms with Gasteiger partial charge in [-0.3, -0.25) is 4.79 Å². The largest absolute Gasteiger partial charge is 0.326 e. The van der Waals surface area contributed by atoms with E-state index in [0.717, 1.165) is 18.6 Å². The Morgan fingerprint density at radius 1 is 1.32 bits per heavy atom. The maximum Gasteiger partial charge on any atom is 0.224 e. The van der Waals surface area contributed by atoms with Crippen molar-refractivity contribution < 1.29 is 4.79 Å². The normalized spacial score (nSPS) is 15.1. The summed E-state index contributed by atoms with van der Waals surface area (Å²) in [6.07, 6.45) is 2.54. The molecule has 0 bridgehead atoms. The van der Waals surface area contributed by atoms with Gasteiger partial charge in [0, 0.05) is 12.1 Å². The van der Waals surface area contributed by atoms with Crippen LogP contribution in [-0.2, 0) is 4.79 Å². The molecule has 1 fully saturated rings. The van der Waals surface area contributed by atoms with Crippen molar-refractivity contribution in [2.75, 3.05) is 11.1 Å². The van der Waals surface area contributed by atoms with E-state index in [2.05, 4.69) is 17.9 Å². The van der Waals surface area contributed by atoms with Gasteiger partial charge in [0.1, 0.15) is 12.1 Å². The van der Waals surface area contributed by atoms with E-state index >= 15 is 0 Å². The van der Waals surface area contributed by atoms with Gasteiger partial charge in [0.05, 0.1) is 11.1 Å². The van der Waals surface area contributed by atoms with Gasteiger partial charge in [-0.05, 0) is 42.2 Å². The van der Waals surface area contributed by atoms with E-state index in [0.29, 0.717) is 17.7 Å². The number of carbonyl (C=O) groups excluding carboxylic acids is 1. The summed E-state index contributed by atoms with van der Waals surface area (Å²) in [6, 6.07) is 8.59. The monoisotopic (exact) mass is 271 g/mol. The highest BCUT2D eigenvalue weighted by molar-refractivity contribution is 7.80. The molecule has 0 aliphatic heterocycles. The smallest absolute Gasteiger partial charge is 0.224 e. The molecule has 1 N–H and O–H groups in total. The predicted molar refractivity (Wildman–Crippen MR) is 74.6 cm³/mol. The van der Waals surface area contributed by atoms with Gasteiger partial charge in [0.15, 0.2) is 0 Å². The van der Waals surface area contributed by atoms with Crippen LogP contribution < -0.4 is 5.32 Å². The van der Waals surface area contributed by atoms with Gasteiger partial charge >= 0.3 is 0 Å². The molecule has 0 spiro atoms. The fourth-order valence-corrected chi connectivity index (χ4v) is 2.35. The van der Waals surface area contributed by atoms with E-state index in [1.54, 1.807) is 12.1 Å². The Balaban J connectivity index is 2.06. The summed E-state index contributed by atoms with van der Waals surface area (Å²) in [5.41, 5.74) is 1.21. The number of nitriles is 2. The fourth-order valence-electron chi connectivity index (χ4n) is 1.93. The average Bonchev–Trinajstić information content (AvgIpc) is 3.18. The van der Waals surface area contributed by atoms with Crippen molar-refractivity contribution in [3.8, 4) is 12.1 Å². The Bertz CT molecular complexity index is 594. The number of hydrogen-bond acceptors (Lipinski definition) is 4. The molecule has 96 valence electrons. The number of carbonyl (C=O) groups is 1. The first kappa shape index (κ1) is 13.5. The standard InChI is InChI=1S/C14H13N3OS/c15-7-10-1-2-12(5-11(10)8-16)17-13(18)6-14(9-19)3-4-14/h1-2,5,19H,3-4,6,9H2,(H,17,18). The van der Waals surface area contributed by atoms with Gasteiger partial charge in [0.2, 0.25) is 5.91 Å². The summed E-state index contributed by atoms with van der Waals surface area (Å²) in [5, 5.41) is 20.5. The third kappa shape index (κ3) is 3.07. The first-order chi connectivity index (χ1) is 9.12. The van der Waals surface area contributed by atoms with E-state index in [4.69, 9.17) is 10.5 Å². The molecule has 1 aromatic carbocycles. The summed E-state index contributed by atoms with van der Waals surface area (Å²) in [7, 11) is 0. The minimum Gasteiger partial charge on any atom is -0.326 e. The van der Waals surface area contributed by atoms with Crippen molar-refractivity contribution in [3.05, 3.63) is 29.3 Å². The summed E-state index contributed by atoms with van der Waals surface area (Å²) >= 11 is 4.26. The van der Waals surface area contributed by atoms with Gasteiger partial charge in [-0.15, -0.1) is 0 Å². The summed E-state index contributed by atoms with van der Waals surface area (Å²) in [4.78, 5) is 11.9. The summed E-state index contributed by atoms with van der Waals surface area (Å²) < 4.78 is 0. The van der Waals surface area contributed by atoms with E-state index in [9.17, 15) is 4.79 Å². The predicted octanol–water partition coefficient (Wildman–Crippen LogP) is 2.47. The fraction of sp³-hybridized carbons (Fsp3) is 0.357. The van der Waals surface area contributed by atoms with Crippen LogP contribution in [0.4, 0.5) is 5.69 Å². The van der Waals surface area contributed by atoms with Gasteiger partial charge in [-0.1, -0.05) is 0 Å². The first-order valence-electron chi connectivity index (χ1n) is 5.97. The van der Waals surface area contributed by atoms with Crippen molar-refractivity contribution in [3.63, 3.8) is 0 Å². The number of hydrogen-bond donors (Lipinski definition) is 2. The second kappa shape index (κ2) is 5.34. The Labute approximate surface area is 117 Å². The number of thiol groups is 1. The second-order valence-corrected chi connectivity index (χ2v) is 5.18. The molecular formula is C14H13N3OS. The average molecular weight is 271 g/mol. The van der Waals surface area contributed by atoms with Crippen LogP contribution in [0.3, 0.4) is 0 Å². The summed E-state index contributed by atoms with van der Waals surface area (Å²) in [6.45, 7) is 0. The molecule has 0 heterocycles. The van der Waals surface area contributed by atoms with Crippen molar-refractivity contribution in [2.45, 2.75) is 19.3 Å². The van der Waals surface area contributed by atoms with Crippen LogP contribution in [0, 0.1) is 28.1 Å². The number of rotatable bonds is 4. The van der Waals surface area contributed by atoms with Crippen LogP contribution in [0.2, 0.25) is 0 Å². The molecule has 1 aliphatic rings. The van der Waals surface area contributed by atoms with Crippen molar-refractivity contribution in [2.24, 2.45) is 5.41 Å². The molecule has 0 aromatic heterocycles. The Hall–Kier alpha value is -1.98. The van der Waals surface area contributed by atoms with Crippen LogP contribution >= 0.6 is 12.6 Å². The highest BCUT2D eigenvalue weighted by atomic mass is 32.1. The highest BCUT2D eigenvalue weighted by Crippen LogP contribution is 2.49. The quantitative estimate of drug-likeness (QED) is 0.826. The zero-order valence-corrected chi connectivity index (χ0v) is 11.2. The minimum absolute atomic E-state index is 0.0673. The zero-order chi connectivity index (χ0) is 13.9. The topological polar surface area (TPSA) is 76.7 Å². The summed E-state index contributed by atoms with van der Waals surface area (Å²) in [5.74, 6) is 0.650. The molecule has 1 aromatic rings. The lowest BCUT2D eigenvalue weighted by atomic mass is 10.0. The second-order valence-electron chi connectivity index (χ2n) is 4.87. The molecule has 19 heavy (non-hydrogen) atoms. The SMILES string of the molecule is N#Cc1ccc(NC(=O)CC2(CS)CC2)cc1C#N. The van der Waals surface area contributed by atoms with Crippen molar-refractivity contribution in [1.29, 1.82) is 10.5 Å². The van der Waals surface area contributed by atoms with Gasteiger partial charge in [-0.2, -0.15) is 23.2 Å². The van der Waals surface area contributed by atoms with Crippen LogP contribution in [0.1, 0.15) is 30.4 Å². The molecule has 1 amide bonds. The van der Waals surface area contributed by atoms with Crippen LogP contribution in [-0.4, -0.2) is 11.7 Å². The van der Waals surface area contributed by atoms with Gasteiger partial charge in [-0.25, -0.2) is 0 Å². The third-order valence-corrected chi connectivity index (χ3v) is 4.04. The van der Waals surface area contributed by atoms with Crippen molar-refractivity contribution in [1.82, 2.24) is 0 Å². The maximum absolute atomic E-state index is 11.9. The van der Waals surface area contributed by atoms with Gasteiger partial charge in [0.25, 0.3) is 0 Å². The molecule has 0 radical (unpaired) electrons. The molecule has 1 aliphatic carbocycles. The first-order valence-corrected chi connectivity index (χ1v) is 6.61. The molecular weight excluding hydrogens is 258 g/mol. The van der Waals surface area contributed by atoms with E-state index < -0.39 is 0 Å². The Morgan fingerprint density at radius 3 is 2.53 bits per heavy atom. The molecule has 5 heteroatoms. The highest BCUT2D eigenvalue weighted by Gasteiger charge is 2.42. The molecule has 1 saturated carbocycles. The van der Waals surface area contributed by atoms with Crippen molar-refractivity contribution >= 4 is 24.2 Å².